The Morgan fingerprint density at radius 3 is 2.40 bits per heavy atom. The monoisotopic (exact) mass is 466 g/mol. The van der Waals surface area contributed by atoms with Crippen molar-refractivity contribution in [1.82, 2.24) is 14.9 Å². The molecule has 0 atom stereocenters. The first-order valence-electron chi connectivity index (χ1n) is 12.2. The SMILES string of the molecule is Cc1cc(/C(N)=C/c2c(-c3ccc4nccc(C)c4c3)c[nH]c2N)cc(C)c1N1CCN(C)CC1. The topological polar surface area (TPSA) is 87.2 Å². The summed E-state index contributed by atoms with van der Waals surface area (Å²) in [5.74, 6) is 0.605. The van der Waals surface area contributed by atoms with Crippen molar-refractivity contribution in [2.24, 2.45) is 5.73 Å². The first kappa shape index (κ1) is 23.0. The summed E-state index contributed by atoms with van der Waals surface area (Å²) in [7, 11) is 2.18. The summed E-state index contributed by atoms with van der Waals surface area (Å²) in [5.41, 5.74) is 23.8. The zero-order chi connectivity index (χ0) is 24.7. The number of aromatic amines is 1. The molecule has 0 bridgehead atoms. The molecule has 4 aromatic rings. The molecule has 6 nitrogen and oxygen atoms in total. The molecular formula is C29H34N6. The van der Waals surface area contributed by atoms with E-state index in [1.807, 2.05) is 24.5 Å². The van der Waals surface area contributed by atoms with Gasteiger partial charge in [0.15, 0.2) is 0 Å². The van der Waals surface area contributed by atoms with Crippen LogP contribution in [0.4, 0.5) is 11.5 Å². The minimum absolute atomic E-state index is 0.605. The molecule has 0 radical (unpaired) electrons. The number of benzene rings is 2. The number of nitrogens with zero attached hydrogens (tertiary/aromatic N) is 3. The molecule has 2 aromatic heterocycles. The lowest BCUT2D eigenvalue weighted by Crippen LogP contribution is -2.45. The van der Waals surface area contributed by atoms with Gasteiger partial charge in [0.25, 0.3) is 0 Å². The second-order valence-electron chi connectivity index (χ2n) is 9.74. The fourth-order valence-electron chi connectivity index (χ4n) is 5.19. The van der Waals surface area contributed by atoms with Gasteiger partial charge in [0.2, 0.25) is 0 Å². The molecule has 0 amide bonds. The molecule has 5 N–H and O–H groups in total. The smallest absolute Gasteiger partial charge is 0.108 e. The van der Waals surface area contributed by atoms with Crippen LogP contribution in [0, 0.1) is 20.8 Å². The van der Waals surface area contributed by atoms with Crippen LogP contribution in [0.1, 0.15) is 27.8 Å². The maximum Gasteiger partial charge on any atom is 0.108 e. The van der Waals surface area contributed by atoms with Gasteiger partial charge in [-0.3, -0.25) is 4.98 Å². The molecule has 1 saturated heterocycles. The van der Waals surface area contributed by atoms with E-state index in [9.17, 15) is 0 Å². The number of nitrogens with one attached hydrogen (secondary N) is 1. The summed E-state index contributed by atoms with van der Waals surface area (Å²) < 4.78 is 0. The van der Waals surface area contributed by atoms with Crippen LogP contribution in [0.5, 0.6) is 0 Å². The van der Waals surface area contributed by atoms with Crippen LogP contribution in [0.2, 0.25) is 0 Å². The van der Waals surface area contributed by atoms with Gasteiger partial charge in [-0.15, -0.1) is 0 Å². The molecule has 6 heteroatoms. The minimum Gasteiger partial charge on any atom is -0.398 e. The van der Waals surface area contributed by atoms with Crippen molar-refractivity contribution < 1.29 is 0 Å². The van der Waals surface area contributed by atoms with Gasteiger partial charge in [-0.05, 0) is 92.0 Å². The Labute approximate surface area is 207 Å². The van der Waals surface area contributed by atoms with Crippen LogP contribution in [0.15, 0.2) is 48.8 Å². The predicted octanol–water partition coefficient (Wildman–Crippen LogP) is 4.95. The van der Waals surface area contributed by atoms with Gasteiger partial charge < -0.3 is 26.3 Å². The van der Waals surface area contributed by atoms with Gasteiger partial charge in [0.05, 0.1) is 5.52 Å². The van der Waals surface area contributed by atoms with E-state index in [1.54, 1.807) is 0 Å². The predicted molar refractivity (Wildman–Crippen MR) is 148 cm³/mol. The zero-order valence-electron chi connectivity index (χ0n) is 21.0. The molecule has 2 aromatic carbocycles. The maximum absolute atomic E-state index is 6.66. The molecule has 0 aliphatic carbocycles. The lowest BCUT2D eigenvalue weighted by molar-refractivity contribution is 0.312. The summed E-state index contributed by atoms with van der Waals surface area (Å²) in [4.78, 5) is 12.5. The van der Waals surface area contributed by atoms with Gasteiger partial charge in [-0.25, -0.2) is 0 Å². The third kappa shape index (κ3) is 4.37. The number of nitrogen functional groups attached to an aromatic ring is 1. The van der Waals surface area contributed by atoms with E-state index in [0.29, 0.717) is 11.5 Å². The van der Waals surface area contributed by atoms with Gasteiger partial charge >= 0.3 is 0 Å². The number of hydrogen-bond donors (Lipinski definition) is 3. The lowest BCUT2D eigenvalue weighted by atomic mass is 9.97. The van der Waals surface area contributed by atoms with Crippen LogP contribution in [0.3, 0.4) is 0 Å². The number of rotatable bonds is 4. The molecule has 1 aliphatic heterocycles. The van der Waals surface area contributed by atoms with Gasteiger partial charge in [-0.1, -0.05) is 6.07 Å². The highest BCUT2D eigenvalue weighted by atomic mass is 15.2. The number of anilines is 2. The Morgan fingerprint density at radius 2 is 1.69 bits per heavy atom. The molecular weight excluding hydrogens is 432 g/mol. The molecule has 0 saturated carbocycles. The van der Waals surface area contributed by atoms with E-state index in [4.69, 9.17) is 11.5 Å². The maximum atomic E-state index is 6.66. The van der Waals surface area contributed by atoms with Crippen molar-refractivity contribution >= 4 is 34.2 Å². The number of hydrogen-bond acceptors (Lipinski definition) is 5. The van der Waals surface area contributed by atoms with Crippen molar-refractivity contribution in [1.29, 1.82) is 0 Å². The van der Waals surface area contributed by atoms with E-state index in [0.717, 1.165) is 59.3 Å². The second kappa shape index (κ2) is 9.12. The number of nitrogens with two attached hydrogens (primary N) is 2. The summed E-state index contributed by atoms with van der Waals surface area (Å²) >= 11 is 0. The molecule has 1 fully saturated rings. The number of fused-ring (bicyclic) bond motifs is 1. The van der Waals surface area contributed by atoms with E-state index in [1.165, 1.54) is 22.4 Å². The molecule has 180 valence electrons. The van der Waals surface area contributed by atoms with Crippen LogP contribution in [-0.2, 0) is 0 Å². The average Bonchev–Trinajstić information content (AvgIpc) is 3.20. The third-order valence-corrected chi connectivity index (χ3v) is 7.17. The molecule has 1 aliphatic rings. The van der Waals surface area contributed by atoms with Crippen LogP contribution in [0.25, 0.3) is 33.8 Å². The Kier molecular flexibility index (Phi) is 5.99. The number of pyridine rings is 1. The number of H-pyrrole nitrogens is 1. The summed E-state index contributed by atoms with van der Waals surface area (Å²) in [6.45, 7) is 10.7. The van der Waals surface area contributed by atoms with Crippen molar-refractivity contribution in [2.45, 2.75) is 20.8 Å². The van der Waals surface area contributed by atoms with Crippen LogP contribution in [-0.4, -0.2) is 48.1 Å². The van der Waals surface area contributed by atoms with Crippen molar-refractivity contribution in [3.8, 4) is 11.1 Å². The Hall–Kier alpha value is -3.77. The first-order valence-corrected chi connectivity index (χ1v) is 12.2. The molecule has 35 heavy (non-hydrogen) atoms. The average molecular weight is 467 g/mol. The van der Waals surface area contributed by atoms with E-state index in [2.05, 4.69) is 77.9 Å². The van der Waals surface area contributed by atoms with Crippen LogP contribution < -0.4 is 16.4 Å². The Morgan fingerprint density at radius 1 is 0.971 bits per heavy atom. The normalized spacial score (nSPS) is 15.2. The first-order chi connectivity index (χ1) is 16.8. The summed E-state index contributed by atoms with van der Waals surface area (Å²) in [6.07, 6.45) is 5.79. The van der Waals surface area contributed by atoms with E-state index < -0.39 is 0 Å². The van der Waals surface area contributed by atoms with Crippen molar-refractivity contribution in [2.75, 3.05) is 43.9 Å². The number of likely N-dealkylation sites (N-methyl/N-ethyl adjacent to an activating group) is 1. The lowest BCUT2D eigenvalue weighted by Gasteiger charge is -2.36. The largest absolute Gasteiger partial charge is 0.398 e. The number of aromatic nitrogens is 2. The molecule has 5 rings (SSSR count). The highest BCUT2D eigenvalue weighted by Gasteiger charge is 2.19. The number of aryl methyl sites for hydroxylation is 3. The summed E-state index contributed by atoms with van der Waals surface area (Å²) in [5, 5.41) is 1.14. The highest BCUT2D eigenvalue weighted by Crippen LogP contribution is 2.34. The summed E-state index contributed by atoms with van der Waals surface area (Å²) in [6, 6.07) is 12.7. The van der Waals surface area contributed by atoms with Gasteiger partial charge in [-0.2, -0.15) is 0 Å². The third-order valence-electron chi connectivity index (χ3n) is 7.17. The highest BCUT2D eigenvalue weighted by molar-refractivity contribution is 5.93. The second-order valence-corrected chi connectivity index (χ2v) is 9.74. The molecule has 3 heterocycles. The molecule has 0 spiro atoms. The Bertz CT molecular complexity index is 1400. The van der Waals surface area contributed by atoms with Crippen molar-refractivity contribution in [3.63, 3.8) is 0 Å². The fourth-order valence-corrected chi connectivity index (χ4v) is 5.19. The molecule has 0 unspecified atom stereocenters. The number of piperazine rings is 1. The van der Waals surface area contributed by atoms with Gasteiger partial charge in [0, 0.05) is 66.5 Å². The zero-order valence-corrected chi connectivity index (χ0v) is 21.0. The minimum atomic E-state index is 0.605. The van der Waals surface area contributed by atoms with Crippen LogP contribution >= 0.6 is 0 Å². The van der Waals surface area contributed by atoms with Gasteiger partial charge in [0.1, 0.15) is 5.82 Å². The van der Waals surface area contributed by atoms with E-state index >= 15 is 0 Å². The fraction of sp³-hybridized carbons (Fsp3) is 0.276. The van der Waals surface area contributed by atoms with E-state index in [-0.39, 0.29) is 0 Å². The Balaban J connectivity index is 1.50. The standard InChI is InChI=1S/C29H34N6/c1-18-7-8-32-27-6-5-21(15-23(18)27)25-17-33-29(31)24(25)16-26(30)22-13-19(2)28(20(3)14-22)35-11-9-34(4)10-12-35/h5-8,13-17,33H,9-12,30-31H2,1-4H3/b26-16-. The van der Waals surface area contributed by atoms with Crippen molar-refractivity contribution in [3.05, 3.63) is 76.6 Å². The quantitative estimate of drug-likeness (QED) is 0.396.